The summed E-state index contributed by atoms with van der Waals surface area (Å²) in [6.07, 6.45) is 3.03. The Hall–Kier alpha value is -2.90. The molecule has 8 heteroatoms. The summed E-state index contributed by atoms with van der Waals surface area (Å²) in [7, 11) is 0. The van der Waals surface area contributed by atoms with Gasteiger partial charge in [-0.2, -0.15) is 0 Å². The van der Waals surface area contributed by atoms with Crippen LogP contribution >= 0.6 is 0 Å². The molecule has 104 valence electrons. The molecule has 8 nitrogen and oxygen atoms in total. The number of aliphatic carboxylic acids is 1. The van der Waals surface area contributed by atoms with Crippen molar-refractivity contribution in [3.63, 3.8) is 0 Å². The first-order valence-corrected chi connectivity index (χ1v) is 5.73. The Bertz CT molecular complexity index is 597. The fourth-order valence-corrected chi connectivity index (χ4v) is 1.49. The highest BCUT2D eigenvalue weighted by Gasteiger charge is 2.09. The average molecular weight is 276 g/mol. The van der Waals surface area contributed by atoms with Crippen molar-refractivity contribution in [2.45, 2.75) is 6.54 Å². The van der Waals surface area contributed by atoms with Gasteiger partial charge in [0, 0.05) is 6.20 Å². The second kappa shape index (κ2) is 6.32. The van der Waals surface area contributed by atoms with Crippen LogP contribution < -0.4 is 10.1 Å². The minimum atomic E-state index is -1.09. The SMILES string of the molecule is O=C(O)COc1ccccc1NC(=O)Cn1ccnn1. The van der Waals surface area contributed by atoms with E-state index in [1.807, 2.05) is 0 Å². The number of carbonyl (C=O) groups is 2. The number of carbonyl (C=O) groups excluding carboxylic acids is 1. The number of aromatic nitrogens is 3. The van der Waals surface area contributed by atoms with Crippen LogP contribution in [0.25, 0.3) is 0 Å². The van der Waals surface area contributed by atoms with Crippen molar-refractivity contribution < 1.29 is 19.4 Å². The van der Waals surface area contributed by atoms with E-state index in [0.717, 1.165) is 0 Å². The molecule has 0 unspecified atom stereocenters. The Morgan fingerprint density at radius 1 is 1.35 bits per heavy atom. The number of nitrogens with zero attached hydrogens (tertiary/aromatic N) is 3. The molecule has 0 aliphatic heterocycles. The van der Waals surface area contributed by atoms with E-state index in [1.54, 1.807) is 30.5 Å². The summed E-state index contributed by atoms with van der Waals surface area (Å²) in [4.78, 5) is 22.3. The van der Waals surface area contributed by atoms with Crippen LogP contribution in [0.4, 0.5) is 5.69 Å². The minimum Gasteiger partial charge on any atom is -0.480 e. The second-order valence-corrected chi connectivity index (χ2v) is 3.83. The number of benzene rings is 1. The molecule has 1 amide bonds. The summed E-state index contributed by atoms with van der Waals surface area (Å²) in [6.45, 7) is -0.469. The number of rotatable bonds is 6. The van der Waals surface area contributed by atoms with Gasteiger partial charge in [0.2, 0.25) is 5.91 Å². The molecule has 2 rings (SSSR count). The molecular formula is C12H12N4O4. The quantitative estimate of drug-likeness (QED) is 0.790. The van der Waals surface area contributed by atoms with Crippen LogP contribution in [0, 0.1) is 0 Å². The Balaban J connectivity index is 2.01. The lowest BCUT2D eigenvalue weighted by molar-refractivity contribution is -0.139. The Kier molecular flexibility index (Phi) is 4.28. The zero-order valence-electron chi connectivity index (χ0n) is 10.4. The standard InChI is InChI=1S/C12H12N4O4/c17-11(7-16-6-5-13-15-16)14-9-3-1-2-4-10(9)20-8-12(18)19/h1-6H,7-8H2,(H,14,17)(H,18,19). The summed E-state index contributed by atoms with van der Waals surface area (Å²) < 4.78 is 6.46. The Morgan fingerprint density at radius 3 is 2.85 bits per heavy atom. The van der Waals surface area contributed by atoms with Gasteiger partial charge in [-0.1, -0.05) is 17.3 Å². The van der Waals surface area contributed by atoms with Crippen molar-refractivity contribution in [1.29, 1.82) is 0 Å². The summed E-state index contributed by atoms with van der Waals surface area (Å²) in [6, 6.07) is 6.59. The molecule has 0 atom stereocenters. The maximum absolute atomic E-state index is 11.8. The van der Waals surface area contributed by atoms with Gasteiger partial charge in [0.15, 0.2) is 6.61 Å². The third kappa shape index (κ3) is 3.80. The molecule has 2 N–H and O–H groups in total. The number of anilines is 1. The number of carboxylic acid groups (broad SMARTS) is 1. The van der Waals surface area contributed by atoms with Crippen molar-refractivity contribution >= 4 is 17.6 Å². The zero-order valence-corrected chi connectivity index (χ0v) is 10.4. The van der Waals surface area contributed by atoms with Crippen LogP contribution in [-0.4, -0.2) is 38.6 Å². The van der Waals surface area contributed by atoms with Crippen LogP contribution in [0.3, 0.4) is 0 Å². The molecular weight excluding hydrogens is 264 g/mol. The second-order valence-electron chi connectivity index (χ2n) is 3.83. The third-order valence-electron chi connectivity index (χ3n) is 2.29. The van der Waals surface area contributed by atoms with Gasteiger partial charge in [0.1, 0.15) is 12.3 Å². The molecule has 0 fully saturated rings. The van der Waals surface area contributed by atoms with E-state index in [-0.39, 0.29) is 12.5 Å². The molecule has 0 saturated carbocycles. The van der Waals surface area contributed by atoms with Crippen molar-refractivity contribution in [3.8, 4) is 5.75 Å². The molecule has 0 radical (unpaired) electrons. The van der Waals surface area contributed by atoms with Gasteiger partial charge in [-0.25, -0.2) is 9.48 Å². The maximum Gasteiger partial charge on any atom is 0.341 e. The lowest BCUT2D eigenvalue weighted by Gasteiger charge is -2.11. The highest BCUT2D eigenvalue weighted by atomic mass is 16.5. The molecule has 1 heterocycles. The monoisotopic (exact) mass is 276 g/mol. The number of ether oxygens (including phenoxy) is 1. The maximum atomic E-state index is 11.8. The van der Waals surface area contributed by atoms with Crippen LogP contribution in [0.2, 0.25) is 0 Å². The highest BCUT2D eigenvalue weighted by molar-refractivity contribution is 5.92. The van der Waals surface area contributed by atoms with E-state index in [9.17, 15) is 9.59 Å². The Labute approximate surface area is 114 Å². The van der Waals surface area contributed by atoms with Crippen LogP contribution in [0.1, 0.15) is 0 Å². The topological polar surface area (TPSA) is 106 Å². The van der Waals surface area contributed by atoms with Gasteiger partial charge in [-0.15, -0.1) is 5.10 Å². The van der Waals surface area contributed by atoms with Crippen molar-refractivity contribution in [3.05, 3.63) is 36.7 Å². The van der Waals surface area contributed by atoms with Gasteiger partial charge in [0.25, 0.3) is 0 Å². The molecule has 1 aromatic heterocycles. The van der Waals surface area contributed by atoms with Crippen LogP contribution in [0.15, 0.2) is 36.7 Å². The van der Waals surface area contributed by atoms with Crippen LogP contribution in [-0.2, 0) is 16.1 Å². The van der Waals surface area contributed by atoms with E-state index >= 15 is 0 Å². The molecule has 0 aliphatic rings. The fourth-order valence-electron chi connectivity index (χ4n) is 1.49. The lowest BCUT2D eigenvalue weighted by Crippen LogP contribution is -2.20. The van der Waals surface area contributed by atoms with E-state index in [0.29, 0.717) is 11.4 Å². The van der Waals surface area contributed by atoms with Gasteiger partial charge < -0.3 is 15.2 Å². The van der Waals surface area contributed by atoms with E-state index in [1.165, 1.54) is 10.9 Å². The lowest BCUT2D eigenvalue weighted by atomic mass is 10.3. The smallest absolute Gasteiger partial charge is 0.341 e. The molecule has 2 aromatic rings. The number of hydrogen-bond acceptors (Lipinski definition) is 5. The summed E-state index contributed by atoms with van der Waals surface area (Å²) in [5.41, 5.74) is 0.402. The molecule has 0 aliphatic carbocycles. The van der Waals surface area contributed by atoms with Crippen molar-refractivity contribution in [2.75, 3.05) is 11.9 Å². The molecule has 0 saturated heterocycles. The third-order valence-corrected chi connectivity index (χ3v) is 2.29. The predicted molar refractivity (Wildman–Crippen MR) is 68.2 cm³/mol. The predicted octanol–water partition coefficient (Wildman–Crippen LogP) is 0.380. The van der Waals surface area contributed by atoms with Gasteiger partial charge >= 0.3 is 5.97 Å². The zero-order chi connectivity index (χ0) is 14.4. The van der Waals surface area contributed by atoms with Gasteiger partial charge in [0.05, 0.1) is 11.9 Å². The number of carboxylic acids is 1. The van der Waals surface area contributed by atoms with Crippen molar-refractivity contribution in [2.24, 2.45) is 0 Å². The molecule has 20 heavy (non-hydrogen) atoms. The largest absolute Gasteiger partial charge is 0.480 e. The first-order chi connectivity index (χ1) is 9.65. The van der Waals surface area contributed by atoms with Gasteiger partial charge in [-0.05, 0) is 12.1 Å². The average Bonchev–Trinajstić information content (AvgIpc) is 2.90. The number of para-hydroxylation sites is 2. The van der Waals surface area contributed by atoms with E-state index in [4.69, 9.17) is 9.84 Å². The summed E-state index contributed by atoms with van der Waals surface area (Å²) in [5.74, 6) is -1.11. The molecule has 1 aromatic carbocycles. The van der Waals surface area contributed by atoms with E-state index in [2.05, 4.69) is 15.6 Å². The summed E-state index contributed by atoms with van der Waals surface area (Å²) >= 11 is 0. The first kappa shape index (κ1) is 13.5. The van der Waals surface area contributed by atoms with Crippen LogP contribution in [0.5, 0.6) is 5.75 Å². The Morgan fingerprint density at radius 2 is 2.15 bits per heavy atom. The number of amides is 1. The number of nitrogens with one attached hydrogen (secondary N) is 1. The van der Waals surface area contributed by atoms with Crippen molar-refractivity contribution in [1.82, 2.24) is 15.0 Å². The van der Waals surface area contributed by atoms with E-state index < -0.39 is 12.6 Å². The highest BCUT2D eigenvalue weighted by Crippen LogP contribution is 2.23. The minimum absolute atomic E-state index is 0.00721. The van der Waals surface area contributed by atoms with Gasteiger partial charge in [-0.3, -0.25) is 4.79 Å². The normalized spacial score (nSPS) is 10.0. The summed E-state index contributed by atoms with van der Waals surface area (Å²) in [5, 5.41) is 18.5. The number of hydrogen-bond donors (Lipinski definition) is 2. The fraction of sp³-hybridized carbons (Fsp3) is 0.167. The molecule has 0 spiro atoms. The first-order valence-electron chi connectivity index (χ1n) is 5.73. The molecule has 0 bridgehead atoms.